The van der Waals surface area contributed by atoms with E-state index in [2.05, 4.69) is 0 Å². The summed E-state index contributed by atoms with van der Waals surface area (Å²) >= 11 is 0. The van der Waals surface area contributed by atoms with Crippen molar-refractivity contribution >= 4 is 21.6 Å². The number of benzene rings is 1. The monoisotopic (exact) mass is 283 g/mol. The van der Waals surface area contributed by atoms with Crippen LogP contribution in [0.4, 0.5) is 10.5 Å². The Morgan fingerprint density at radius 1 is 1.26 bits per heavy atom. The SMILES string of the molecule is CC(C)(C)OC(=O)N1CCS(=O)(=O)c2ccccc21. The van der Waals surface area contributed by atoms with E-state index < -0.39 is 21.5 Å². The molecule has 0 bridgehead atoms. The molecule has 0 unspecified atom stereocenters. The highest BCUT2D eigenvalue weighted by molar-refractivity contribution is 7.91. The van der Waals surface area contributed by atoms with Crippen LogP contribution in [0, 0.1) is 0 Å². The van der Waals surface area contributed by atoms with Crippen LogP contribution in [0.2, 0.25) is 0 Å². The molecule has 0 fully saturated rings. The molecule has 0 atom stereocenters. The third kappa shape index (κ3) is 2.89. The molecule has 1 aromatic rings. The molecule has 1 amide bonds. The molecule has 5 nitrogen and oxygen atoms in total. The molecule has 1 aliphatic heterocycles. The molecule has 0 spiro atoms. The standard InChI is InChI=1S/C13H17NO4S/c1-13(2,3)18-12(15)14-8-9-19(16,17)11-7-5-4-6-10(11)14/h4-7H,8-9H2,1-3H3. The number of rotatable bonds is 0. The number of ether oxygens (including phenoxy) is 1. The van der Waals surface area contributed by atoms with Crippen LogP contribution < -0.4 is 4.90 Å². The van der Waals surface area contributed by atoms with Crippen molar-refractivity contribution in [3.05, 3.63) is 24.3 Å². The summed E-state index contributed by atoms with van der Waals surface area (Å²) in [4.78, 5) is 13.7. The van der Waals surface area contributed by atoms with Gasteiger partial charge in [-0.05, 0) is 32.9 Å². The van der Waals surface area contributed by atoms with E-state index in [4.69, 9.17) is 4.74 Å². The Bertz CT molecular complexity index is 601. The van der Waals surface area contributed by atoms with Gasteiger partial charge in [0.15, 0.2) is 9.84 Å². The molecule has 0 saturated carbocycles. The molecule has 6 heteroatoms. The highest BCUT2D eigenvalue weighted by Gasteiger charge is 2.33. The molecule has 1 aliphatic rings. The summed E-state index contributed by atoms with van der Waals surface area (Å²) in [6.07, 6.45) is -0.519. The maximum atomic E-state index is 12.1. The Balaban J connectivity index is 2.38. The summed E-state index contributed by atoms with van der Waals surface area (Å²) in [5.41, 5.74) is -0.217. The molecule has 0 aromatic heterocycles. The van der Waals surface area contributed by atoms with Gasteiger partial charge in [-0.15, -0.1) is 0 Å². The summed E-state index contributed by atoms with van der Waals surface area (Å²) in [6.45, 7) is 5.45. The second-order valence-corrected chi connectivity index (χ2v) is 7.50. The van der Waals surface area contributed by atoms with Crippen LogP contribution in [0.5, 0.6) is 0 Å². The van der Waals surface area contributed by atoms with Crippen LogP contribution in [0.15, 0.2) is 29.2 Å². The number of hydrogen-bond donors (Lipinski definition) is 0. The number of sulfone groups is 1. The molecule has 19 heavy (non-hydrogen) atoms. The molecule has 1 aromatic carbocycles. The van der Waals surface area contributed by atoms with Crippen LogP contribution in [-0.2, 0) is 14.6 Å². The van der Waals surface area contributed by atoms with E-state index in [0.717, 1.165) is 0 Å². The quantitative estimate of drug-likeness (QED) is 0.732. The molecule has 0 aliphatic carbocycles. The van der Waals surface area contributed by atoms with Crippen molar-refractivity contribution in [2.75, 3.05) is 17.2 Å². The van der Waals surface area contributed by atoms with Gasteiger partial charge in [-0.25, -0.2) is 13.2 Å². The van der Waals surface area contributed by atoms with Gasteiger partial charge in [-0.2, -0.15) is 0 Å². The second kappa shape index (κ2) is 4.52. The Morgan fingerprint density at radius 2 is 1.89 bits per heavy atom. The lowest BCUT2D eigenvalue weighted by Gasteiger charge is -2.31. The van der Waals surface area contributed by atoms with Crippen molar-refractivity contribution in [1.82, 2.24) is 0 Å². The molecule has 0 radical (unpaired) electrons. The number of hydrogen-bond acceptors (Lipinski definition) is 4. The number of nitrogens with zero attached hydrogens (tertiary/aromatic N) is 1. The van der Waals surface area contributed by atoms with Crippen molar-refractivity contribution in [3.8, 4) is 0 Å². The first-order chi connectivity index (χ1) is 8.71. The highest BCUT2D eigenvalue weighted by Crippen LogP contribution is 2.31. The minimum absolute atomic E-state index is 0.0801. The molecule has 1 heterocycles. The number of carbonyl (C=O) groups is 1. The number of anilines is 1. The summed E-state index contributed by atoms with van der Waals surface area (Å²) in [5, 5.41) is 0. The van der Waals surface area contributed by atoms with Gasteiger partial charge in [0, 0.05) is 6.54 Å². The fourth-order valence-electron chi connectivity index (χ4n) is 1.89. The molecular weight excluding hydrogens is 266 g/mol. The van der Waals surface area contributed by atoms with E-state index in [1.54, 1.807) is 39.0 Å². The second-order valence-electron chi connectivity index (χ2n) is 5.42. The van der Waals surface area contributed by atoms with Gasteiger partial charge in [-0.3, -0.25) is 4.90 Å². The van der Waals surface area contributed by atoms with Crippen molar-refractivity contribution in [1.29, 1.82) is 0 Å². The number of carbonyl (C=O) groups excluding carboxylic acids is 1. The van der Waals surface area contributed by atoms with E-state index in [0.29, 0.717) is 5.69 Å². The van der Waals surface area contributed by atoms with Crippen molar-refractivity contribution in [3.63, 3.8) is 0 Å². The zero-order chi connectivity index (χ0) is 14.3. The van der Waals surface area contributed by atoms with Crippen LogP contribution in [-0.4, -0.2) is 32.4 Å². The predicted molar refractivity (Wildman–Crippen MR) is 72.1 cm³/mol. The van der Waals surface area contributed by atoms with Gasteiger partial charge in [0.05, 0.1) is 16.3 Å². The molecule has 2 rings (SSSR count). The summed E-state index contributed by atoms with van der Waals surface area (Å²) in [6, 6.07) is 6.49. The zero-order valence-corrected chi connectivity index (χ0v) is 12.0. The van der Waals surface area contributed by atoms with E-state index >= 15 is 0 Å². The van der Waals surface area contributed by atoms with Gasteiger partial charge in [0.1, 0.15) is 5.60 Å². The van der Waals surface area contributed by atoms with E-state index in [1.165, 1.54) is 11.0 Å². The van der Waals surface area contributed by atoms with Crippen LogP contribution in [0.25, 0.3) is 0 Å². The highest BCUT2D eigenvalue weighted by atomic mass is 32.2. The predicted octanol–water partition coefficient (Wildman–Crippen LogP) is 2.22. The van der Waals surface area contributed by atoms with E-state index in [-0.39, 0.29) is 17.2 Å². The van der Waals surface area contributed by atoms with Gasteiger partial charge >= 0.3 is 6.09 Å². The maximum absolute atomic E-state index is 12.1. The first kappa shape index (κ1) is 13.9. The first-order valence-corrected chi connectivity index (χ1v) is 7.68. The van der Waals surface area contributed by atoms with Gasteiger partial charge in [-0.1, -0.05) is 12.1 Å². The number of fused-ring (bicyclic) bond motifs is 1. The van der Waals surface area contributed by atoms with Crippen LogP contribution in [0.3, 0.4) is 0 Å². The average molecular weight is 283 g/mol. The van der Waals surface area contributed by atoms with Crippen molar-refractivity contribution < 1.29 is 17.9 Å². The Labute approximate surface area is 113 Å². The summed E-state index contributed by atoms with van der Waals surface area (Å²) in [5.74, 6) is -0.0801. The minimum atomic E-state index is -3.30. The zero-order valence-electron chi connectivity index (χ0n) is 11.2. The smallest absolute Gasteiger partial charge is 0.414 e. The number of para-hydroxylation sites is 1. The lowest BCUT2D eigenvalue weighted by Crippen LogP contribution is -2.42. The molecular formula is C13H17NO4S. The lowest BCUT2D eigenvalue weighted by molar-refractivity contribution is 0.0581. The van der Waals surface area contributed by atoms with Gasteiger partial charge in [0.25, 0.3) is 0 Å². The Hall–Kier alpha value is -1.56. The molecule has 0 N–H and O–H groups in total. The molecule has 0 saturated heterocycles. The van der Waals surface area contributed by atoms with Crippen LogP contribution >= 0.6 is 0 Å². The van der Waals surface area contributed by atoms with Crippen molar-refractivity contribution in [2.45, 2.75) is 31.3 Å². The normalized spacial score (nSPS) is 17.7. The van der Waals surface area contributed by atoms with E-state index in [1.807, 2.05) is 0 Å². The van der Waals surface area contributed by atoms with Gasteiger partial charge < -0.3 is 4.74 Å². The Morgan fingerprint density at radius 3 is 2.53 bits per heavy atom. The van der Waals surface area contributed by atoms with Crippen molar-refractivity contribution in [2.24, 2.45) is 0 Å². The van der Waals surface area contributed by atoms with Gasteiger partial charge in [0.2, 0.25) is 0 Å². The lowest BCUT2D eigenvalue weighted by atomic mass is 10.2. The largest absolute Gasteiger partial charge is 0.443 e. The fourth-order valence-corrected chi connectivity index (χ4v) is 3.32. The Kier molecular flexibility index (Phi) is 3.30. The summed E-state index contributed by atoms with van der Waals surface area (Å²) < 4.78 is 29.2. The third-order valence-corrected chi connectivity index (χ3v) is 4.42. The number of amides is 1. The topological polar surface area (TPSA) is 63.7 Å². The first-order valence-electron chi connectivity index (χ1n) is 6.03. The van der Waals surface area contributed by atoms with E-state index in [9.17, 15) is 13.2 Å². The molecule has 104 valence electrons. The average Bonchev–Trinajstić information content (AvgIpc) is 2.26. The third-order valence-electron chi connectivity index (χ3n) is 2.69. The fraction of sp³-hybridized carbons (Fsp3) is 0.462. The van der Waals surface area contributed by atoms with Crippen LogP contribution in [0.1, 0.15) is 20.8 Å². The minimum Gasteiger partial charge on any atom is -0.443 e. The maximum Gasteiger partial charge on any atom is 0.414 e. The summed E-state index contributed by atoms with van der Waals surface area (Å²) in [7, 11) is -3.30.